The summed E-state index contributed by atoms with van der Waals surface area (Å²) >= 11 is 0. The normalized spacial score (nSPS) is 12.9. The summed E-state index contributed by atoms with van der Waals surface area (Å²) in [5.41, 5.74) is 3.96. The molecule has 0 spiro atoms. The topological polar surface area (TPSA) is 72.3 Å². The molecule has 7 heteroatoms. The summed E-state index contributed by atoms with van der Waals surface area (Å²) in [5.74, 6) is 0. The highest BCUT2D eigenvalue weighted by Gasteiger charge is 2.30. The second kappa shape index (κ2) is 10.2. The van der Waals surface area contributed by atoms with E-state index in [0.717, 1.165) is 67.4 Å². The third-order valence-electron chi connectivity index (χ3n) is 8.36. The maximum Gasteiger partial charge on any atom is 0.416 e. The predicted molar refractivity (Wildman–Crippen MR) is 166 cm³/mol. The zero-order valence-electron chi connectivity index (χ0n) is 23.4. The summed E-state index contributed by atoms with van der Waals surface area (Å²) in [6, 6.07) is 29.2. The van der Waals surface area contributed by atoms with Crippen molar-refractivity contribution in [3.8, 4) is 34.6 Å². The molecule has 0 fully saturated rings. The van der Waals surface area contributed by atoms with E-state index in [2.05, 4.69) is 53.3 Å². The molecular weight excluding hydrogens is 557 g/mol. The molecule has 0 N–H and O–H groups in total. The summed E-state index contributed by atoms with van der Waals surface area (Å²) in [7, 11) is 0. The lowest BCUT2D eigenvalue weighted by Crippen LogP contribution is -2.04. The summed E-state index contributed by atoms with van der Waals surface area (Å²) in [6.45, 7) is 2.12. The molecule has 0 unspecified atom stereocenters. The van der Waals surface area contributed by atoms with Crippen LogP contribution in [0.2, 0.25) is 0 Å². The van der Waals surface area contributed by atoms with Gasteiger partial charge in [-0.15, -0.1) is 0 Å². The molecule has 0 radical (unpaired) electrons. The van der Waals surface area contributed by atoms with Crippen LogP contribution in [-0.2, 0) is 12.6 Å². The summed E-state index contributed by atoms with van der Waals surface area (Å²) in [4.78, 5) is 8.43. The first kappa shape index (κ1) is 27.1. The molecule has 0 bridgehead atoms. The molecule has 7 aromatic carbocycles. The number of fused-ring (bicyclic) bond motifs is 6. The Kier molecular flexibility index (Phi) is 6.27. The lowest BCUT2D eigenvalue weighted by Gasteiger charge is -2.08. The molecule has 0 aromatic heterocycles. The van der Waals surface area contributed by atoms with Crippen molar-refractivity contribution < 1.29 is 13.2 Å². The molecule has 0 amide bonds. The molecule has 0 heterocycles. The van der Waals surface area contributed by atoms with Gasteiger partial charge in [-0.05, 0) is 92.2 Å². The van der Waals surface area contributed by atoms with Crippen molar-refractivity contribution in [2.24, 2.45) is 9.98 Å². The van der Waals surface area contributed by atoms with Crippen LogP contribution >= 0.6 is 0 Å². The molecule has 210 valence electrons. The average molecular weight is 579 g/mol. The third-order valence-corrected chi connectivity index (χ3v) is 8.36. The van der Waals surface area contributed by atoms with Crippen molar-refractivity contribution in [3.63, 3.8) is 0 Å². The Hall–Kier alpha value is -5.79. The van der Waals surface area contributed by atoms with Crippen LogP contribution in [0.1, 0.15) is 18.1 Å². The third kappa shape index (κ3) is 4.30. The van der Waals surface area contributed by atoms with Gasteiger partial charge in [0.05, 0.1) is 16.3 Å². The number of hydrogen-bond donors (Lipinski definition) is 0. The lowest BCUT2D eigenvalue weighted by atomic mass is 10.0. The van der Waals surface area contributed by atoms with E-state index in [0.29, 0.717) is 27.2 Å². The van der Waals surface area contributed by atoms with E-state index in [1.54, 1.807) is 0 Å². The molecule has 0 aliphatic rings. The van der Waals surface area contributed by atoms with Gasteiger partial charge >= 0.3 is 6.18 Å². The molecule has 0 saturated carbocycles. The number of halogens is 3. The standard InChI is InChI=1S/C37H21F3N4/c1-2-21-3-5-22(6-4-21)24-9-13-27-29-17-34-30(18-33(29)35(43-19-41)31(27)15-24)28-14-10-25(16-32(28)36(34)44-20-42)23-7-11-26(12-8-23)37(38,39)40/h3-18H,2H2,1H3. The Bertz CT molecular complexity index is 2470. The summed E-state index contributed by atoms with van der Waals surface area (Å²) in [6.07, 6.45) is 0.433. The fourth-order valence-corrected chi connectivity index (χ4v) is 6.16. The highest BCUT2D eigenvalue weighted by Crippen LogP contribution is 2.36. The van der Waals surface area contributed by atoms with E-state index in [-0.39, 0.29) is 0 Å². The molecular formula is C37H21F3N4. The maximum absolute atomic E-state index is 13.1. The second-order valence-electron chi connectivity index (χ2n) is 10.7. The fourth-order valence-electron chi connectivity index (χ4n) is 6.16. The number of benzene rings is 5. The molecule has 7 rings (SSSR count). The van der Waals surface area contributed by atoms with Crippen molar-refractivity contribution in [2.75, 3.05) is 0 Å². The Morgan fingerprint density at radius 1 is 0.523 bits per heavy atom. The largest absolute Gasteiger partial charge is 0.416 e. The van der Waals surface area contributed by atoms with Gasteiger partial charge < -0.3 is 0 Å². The van der Waals surface area contributed by atoms with E-state index >= 15 is 0 Å². The Labute approximate surface area is 249 Å². The second-order valence-corrected chi connectivity index (χ2v) is 10.7. The molecule has 44 heavy (non-hydrogen) atoms. The van der Waals surface area contributed by atoms with Crippen LogP contribution in [-0.4, -0.2) is 0 Å². The van der Waals surface area contributed by atoms with Crippen molar-refractivity contribution in [3.05, 3.63) is 119 Å². The van der Waals surface area contributed by atoms with Crippen LogP contribution in [0.4, 0.5) is 13.2 Å². The zero-order chi connectivity index (χ0) is 30.6. The van der Waals surface area contributed by atoms with Gasteiger partial charge in [0.1, 0.15) is 0 Å². The van der Waals surface area contributed by atoms with Crippen molar-refractivity contribution >= 4 is 43.1 Å². The van der Waals surface area contributed by atoms with Crippen LogP contribution in [0.15, 0.2) is 107 Å². The van der Waals surface area contributed by atoms with Gasteiger partial charge in [-0.2, -0.15) is 33.7 Å². The minimum absolute atomic E-state index is 0.494. The first-order valence-corrected chi connectivity index (χ1v) is 14.0. The van der Waals surface area contributed by atoms with E-state index < -0.39 is 11.7 Å². The van der Waals surface area contributed by atoms with Gasteiger partial charge in [-0.3, -0.25) is 0 Å². The van der Waals surface area contributed by atoms with E-state index in [4.69, 9.17) is 0 Å². The molecule has 0 aliphatic carbocycles. The Morgan fingerprint density at radius 3 is 1.34 bits per heavy atom. The van der Waals surface area contributed by atoms with Crippen LogP contribution in [0.3, 0.4) is 0 Å². The van der Waals surface area contributed by atoms with Crippen molar-refractivity contribution in [1.29, 1.82) is 10.5 Å². The van der Waals surface area contributed by atoms with Crippen molar-refractivity contribution in [1.82, 2.24) is 0 Å². The monoisotopic (exact) mass is 578 g/mol. The quantitative estimate of drug-likeness (QED) is 0.197. The maximum atomic E-state index is 13.1. The number of nitrogens with zero attached hydrogens (tertiary/aromatic N) is 4. The van der Waals surface area contributed by atoms with Crippen LogP contribution in [0.25, 0.3) is 65.3 Å². The smallest absolute Gasteiger partial charge is 0.172 e. The Morgan fingerprint density at radius 2 is 0.932 bits per heavy atom. The van der Waals surface area contributed by atoms with Gasteiger partial charge in [0.15, 0.2) is 0 Å². The minimum atomic E-state index is -4.42. The number of nitriles is 2. The lowest BCUT2D eigenvalue weighted by molar-refractivity contribution is -0.137. The molecule has 0 atom stereocenters. The number of alkyl halides is 3. The van der Waals surface area contributed by atoms with Gasteiger partial charge in [0.25, 0.3) is 0 Å². The van der Waals surface area contributed by atoms with Crippen LogP contribution in [0.5, 0.6) is 0 Å². The summed E-state index contributed by atoms with van der Waals surface area (Å²) in [5, 5.41) is 27.0. The van der Waals surface area contributed by atoms with Crippen LogP contribution < -0.4 is 10.7 Å². The van der Waals surface area contributed by atoms with Gasteiger partial charge in [0, 0.05) is 21.5 Å². The van der Waals surface area contributed by atoms with Crippen LogP contribution in [0, 0.1) is 22.9 Å². The predicted octanol–water partition coefficient (Wildman–Crippen LogP) is 8.85. The molecule has 0 aliphatic heterocycles. The fraction of sp³-hybridized carbons (Fsp3) is 0.0811. The zero-order valence-corrected chi connectivity index (χ0v) is 23.4. The molecule has 4 nitrogen and oxygen atoms in total. The Balaban J connectivity index is 1.46. The first-order valence-electron chi connectivity index (χ1n) is 14.0. The number of rotatable bonds is 3. The highest BCUT2D eigenvalue weighted by molar-refractivity contribution is 6.21. The number of hydrogen-bond acceptors (Lipinski definition) is 4. The molecule has 0 saturated heterocycles. The van der Waals surface area contributed by atoms with E-state index in [9.17, 15) is 23.7 Å². The van der Waals surface area contributed by atoms with Crippen molar-refractivity contribution in [2.45, 2.75) is 19.5 Å². The minimum Gasteiger partial charge on any atom is -0.172 e. The highest BCUT2D eigenvalue weighted by atomic mass is 19.4. The van der Waals surface area contributed by atoms with Gasteiger partial charge in [-0.1, -0.05) is 67.6 Å². The first-order chi connectivity index (χ1) is 21.3. The SMILES string of the molecule is CCc1ccc(-c2ccc3c(c2)c(=NC#N)c2cc4c(cc23)c(=NC#N)c2cc(-c3ccc(C(F)(F)F)cc3)ccc24)cc1. The number of aryl methyl sites for hydroxylation is 1. The molecule has 7 aromatic rings. The summed E-state index contributed by atoms with van der Waals surface area (Å²) < 4.78 is 39.3. The van der Waals surface area contributed by atoms with E-state index in [1.807, 2.05) is 48.8 Å². The van der Waals surface area contributed by atoms with E-state index in [1.165, 1.54) is 17.7 Å². The average Bonchev–Trinajstić information content (AvgIpc) is 3.51. The van der Waals surface area contributed by atoms with Gasteiger partial charge in [-0.25, -0.2) is 0 Å². The van der Waals surface area contributed by atoms with Gasteiger partial charge in [0.2, 0.25) is 12.4 Å².